The van der Waals surface area contributed by atoms with Gasteiger partial charge in [-0.05, 0) is 43.0 Å². The van der Waals surface area contributed by atoms with Gasteiger partial charge in [0, 0.05) is 28.4 Å². The molecular weight excluding hydrogens is 458 g/mol. The van der Waals surface area contributed by atoms with E-state index in [1.165, 1.54) is 17.3 Å². The number of ether oxygens (including phenoxy) is 1. The molecule has 1 aromatic heterocycles. The van der Waals surface area contributed by atoms with Crippen molar-refractivity contribution in [3.05, 3.63) is 87.6 Å². The second-order valence-corrected chi connectivity index (χ2v) is 10.2. The fourth-order valence-electron chi connectivity index (χ4n) is 4.73. The molecule has 6 nitrogen and oxygen atoms in total. The summed E-state index contributed by atoms with van der Waals surface area (Å²) in [6, 6.07) is 15.7. The molecule has 0 spiro atoms. The summed E-state index contributed by atoms with van der Waals surface area (Å²) >= 11 is 1.47. The van der Waals surface area contributed by atoms with Gasteiger partial charge in [-0.3, -0.25) is 9.69 Å². The Morgan fingerprint density at radius 1 is 1.17 bits per heavy atom. The van der Waals surface area contributed by atoms with Gasteiger partial charge in [-0.25, -0.2) is 4.79 Å². The lowest BCUT2D eigenvalue weighted by atomic mass is 9.91. The summed E-state index contributed by atoms with van der Waals surface area (Å²) < 4.78 is 5.41. The number of hydrogen-bond acceptors (Lipinski definition) is 5. The van der Waals surface area contributed by atoms with Crippen LogP contribution in [0.5, 0.6) is 0 Å². The number of nitrogens with one attached hydrogen (secondary N) is 2. The predicted molar refractivity (Wildman–Crippen MR) is 140 cm³/mol. The van der Waals surface area contributed by atoms with Gasteiger partial charge in [-0.1, -0.05) is 68.1 Å². The van der Waals surface area contributed by atoms with Crippen LogP contribution in [0.25, 0.3) is 17.0 Å². The molecule has 1 amide bonds. The highest BCUT2D eigenvalue weighted by Gasteiger charge is 2.47. The number of allylic oxidation sites excluding steroid dienone is 1. The first-order valence-electron chi connectivity index (χ1n) is 11.9. The number of hydrogen-bond donors (Lipinski definition) is 2. The molecule has 0 aliphatic carbocycles. The number of carbonyl (C=O) groups is 2. The quantitative estimate of drug-likeness (QED) is 0.358. The fourth-order valence-corrected chi connectivity index (χ4v) is 5.94. The molecule has 2 N–H and O–H groups in total. The Morgan fingerprint density at radius 2 is 1.91 bits per heavy atom. The lowest BCUT2D eigenvalue weighted by Crippen LogP contribution is -2.49. The Labute approximate surface area is 209 Å². The molecule has 2 aliphatic heterocycles. The maximum absolute atomic E-state index is 13.8. The van der Waals surface area contributed by atoms with Crippen LogP contribution in [0, 0.1) is 0 Å². The third-order valence-electron chi connectivity index (χ3n) is 6.55. The maximum atomic E-state index is 13.8. The van der Waals surface area contributed by atoms with E-state index in [0.717, 1.165) is 27.7 Å². The van der Waals surface area contributed by atoms with E-state index in [2.05, 4.69) is 36.3 Å². The van der Waals surface area contributed by atoms with Gasteiger partial charge in [0.05, 0.1) is 23.1 Å². The number of para-hydroxylation sites is 1. The van der Waals surface area contributed by atoms with Gasteiger partial charge < -0.3 is 15.0 Å². The summed E-state index contributed by atoms with van der Waals surface area (Å²) in [7, 11) is 0. The summed E-state index contributed by atoms with van der Waals surface area (Å²) in [6.07, 6.45) is 3.86. The van der Waals surface area contributed by atoms with E-state index in [1.807, 2.05) is 55.6 Å². The van der Waals surface area contributed by atoms with Gasteiger partial charge in [-0.2, -0.15) is 0 Å². The van der Waals surface area contributed by atoms with Gasteiger partial charge in [0.25, 0.3) is 5.91 Å². The molecule has 7 heteroatoms. The maximum Gasteiger partial charge on any atom is 0.338 e. The molecule has 2 atom stereocenters. The molecule has 5 rings (SSSR count). The van der Waals surface area contributed by atoms with Crippen LogP contribution in [0.2, 0.25) is 0 Å². The van der Waals surface area contributed by atoms with Gasteiger partial charge in [-0.15, -0.1) is 0 Å². The zero-order valence-corrected chi connectivity index (χ0v) is 21.1. The van der Waals surface area contributed by atoms with Crippen LogP contribution in [-0.4, -0.2) is 33.9 Å². The van der Waals surface area contributed by atoms with Crippen molar-refractivity contribution in [2.45, 2.75) is 45.2 Å². The van der Waals surface area contributed by atoms with Crippen LogP contribution in [0.15, 0.2) is 70.9 Å². The Balaban J connectivity index is 1.57. The number of fused-ring (bicyclic) bond motifs is 2. The number of aromatic nitrogens is 1. The van der Waals surface area contributed by atoms with Gasteiger partial charge in [0.1, 0.15) is 0 Å². The topological polar surface area (TPSA) is 74.4 Å². The number of nitrogens with zero attached hydrogens (tertiary/aromatic N) is 1. The van der Waals surface area contributed by atoms with E-state index in [0.29, 0.717) is 16.4 Å². The molecule has 2 aliphatic rings. The first kappa shape index (κ1) is 23.3. The zero-order valence-electron chi connectivity index (χ0n) is 20.3. The van der Waals surface area contributed by atoms with E-state index in [1.54, 1.807) is 11.8 Å². The second kappa shape index (κ2) is 9.30. The summed E-state index contributed by atoms with van der Waals surface area (Å²) in [5.41, 5.74) is 4.98. The molecule has 1 fully saturated rings. The average Bonchev–Trinajstić information content (AvgIpc) is 3.39. The van der Waals surface area contributed by atoms with Gasteiger partial charge >= 0.3 is 5.97 Å². The lowest BCUT2D eigenvalue weighted by molar-refractivity contribution is -0.140. The molecule has 3 heterocycles. The van der Waals surface area contributed by atoms with Crippen LogP contribution >= 0.6 is 11.8 Å². The first-order chi connectivity index (χ1) is 16.9. The summed E-state index contributed by atoms with van der Waals surface area (Å²) in [4.78, 5) is 32.5. The van der Waals surface area contributed by atoms with Crippen LogP contribution in [0.1, 0.15) is 56.3 Å². The fraction of sp³-hybridized carbons (Fsp3) is 0.286. The minimum absolute atomic E-state index is 0.106. The number of thioether (sulfide) groups is 1. The van der Waals surface area contributed by atoms with E-state index in [-0.39, 0.29) is 18.0 Å². The van der Waals surface area contributed by atoms with E-state index >= 15 is 0 Å². The predicted octanol–water partition coefficient (Wildman–Crippen LogP) is 5.67. The standard InChI is InChI=1S/C28H29N3O3S/c1-5-34-27(33)24-17(4)30-28-31(25(24)19-12-10-18(11-13-19)16(2)3)26(32)23(35-28)14-20-15-29-22-9-7-6-8-21(20)22/h6-16,25,28-30H,5H2,1-4H3/b23-14-/t25-,28+/m1/s1. The number of H-pyrrole nitrogens is 1. The van der Waals surface area contributed by atoms with Crippen molar-refractivity contribution in [2.75, 3.05) is 6.61 Å². The van der Waals surface area contributed by atoms with Crippen molar-refractivity contribution in [3.8, 4) is 0 Å². The number of esters is 1. The highest BCUT2D eigenvalue weighted by molar-refractivity contribution is 8.05. The zero-order chi connectivity index (χ0) is 24.7. The molecule has 3 aromatic rings. The number of rotatable bonds is 5. The molecule has 1 saturated heterocycles. The first-order valence-corrected chi connectivity index (χ1v) is 12.8. The van der Waals surface area contributed by atoms with E-state index < -0.39 is 12.0 Å². The van der Waals surface area contributed by atoms with Crippen LogP contribution in [0.4, 0.5) is 0 Å². The molecule has 0 radical (unpaired) electrons. The largest absolute Gasteiger partial charge is 0.463 e. The smallest absolute Gasteiger partial charge is 0.338 e. The Hall–Kier alpha value is -3.45. The summed E-state index contributed by atoms with van der Waals surface area (Å²) in [5.74, 6) is -0.118. The highest BCUT2D eigenvalue weighted by Crippen LogP contribution is 2.46. The highest BCUT2D eigenvalue weighted by atomic mass is 32.2. The van der Waals surface area contributed by atoms with E-state index in [9.17, 15) is 9.59 Å². The third-order valence-corrected chi connectivity index (χ3v) is 7.67. The third kappa shape index (κ3) is 4.14. The molecule has 35 heavy (non-hydrogen) atoms. The monoisotopic (exact) mass is 487 g/mol. The molecule has 0 bridgehead atoms. The van der Waals surface area contributed by atoms with Crippen molar-refractivity contribution in [1.29, 1.82) is 0 Å². The van der Waals surface area contributed by atoms with Gasteiger partial charge in [0.15, 0.2) is 5.50 Å². The number of aromatic amines is 1. The van der Waals surface area contributed by atoms with Crippen molar-refractivity contribution in [1.82, 2.24) is 15.2 Å². The minimum atomic E-state index is -0.532. The van der Waals surface area contributed by atoms with Crippen molar-refractivity contribution >= 4 is 40.6 Å². The SMILES string of the molecule is CCOC(=O)C1=C(C)N[C@@H]2S/C(=C\c3c[nH]c4ccccc34)C(=O)N2[C@@H]1c1ccc(C(C)C)cc1. The summed E-state index contributed by atoms with van der Waals surface area (Å²) in [5, 5.41) is 4.44. The van der Waals surface area contributed by atoms with Gasteiger partial charge in [0.2, 0.25) is 0 Å². The molecular formula is C28H29N3O3S. The normalized spacial score (nSPS) is 21.1. The molecule has 0 saturated carbocycles. The molecule has 0 unspecified atom stereocenters. The van der Waals surface area contributed by atoms with Crippen LogP contribution in [-0.2, 0) is 14.3 Å². The Morgan fingerprint density at radius 3 is 2.63 bits per heavy atom. The van der Waals surface area contributed by atoms with E-state index in [4.69, 9.17) is 4.74 Å². The van der Waals surface area contributed by atoms with Crippen molar-refractivity contribution < 1.29 is 14.3 Å². The van der Waals surface area contributed by atoms with Crippen molar-refractivity contribution in [2.24, 2.45) is 0 Å². The number of amides is 1. The van der Waals surface area contributed by atoms with Crippen LogP contribution in [0.3, 0.4) is 0 Å². The summed E-state index contributed by atoms with van der Waals surface area (Å²) in [6.45, 7) is 8.23. The van der Waals surface area contributed by atoms with Crippen molar-refractivity contribution in [3.63, 3.8) is 0 Å². The Bertz CT molecular complexity index is 1350. The molecule has 2 aromatic carbocycles. The Kier molecular flexibility index (Phi) is 6.19. The number of carbonyl (C=O) groups excluding carboxylic acids is 2. The molecule has 180 valence electrons. The lowest BCUT2D eigenvalue weighted by Gasteiger charge is -2.39. The minimum Gasteiger partial charge on any atom is -0.463 e. The number of benzene rings is 2. The second-order valence-electron chi connectivity index (χ2n) is 9.11. The van der Waals surface area contributed by atoms with Crippen LogP contribution < -0.4 is 5.32 Å². The average molecular weight is 488 g/mol.